The standard InChI is InChI=1S/C18H18N2O2/c1-13-6-8-15(9-7-13)17(11-19)20-18(21)12-22-16-5-3-4-14(2)10-16/h3-10,17H,12H2,1-2H3,(H,20,21). The molecule has 112 valence electrons. The summed E-state index contributed by atoms with van der Waals surface area (Å²) < 4.78 is 5.43. The summed E-state index contributed by atoms with van der Waals surface area (Å²) in [5, 5.41) is 11.9. The van der Waals surface area contributed by atoms with Crippen molar-refractivity contribution in [2.24, 2.45) is 0 Å². The average Bonchev–Trinajstić information content (AvgIpc) is 2.52. The summed E-state index contributed by atoms with van der Waals surface area (Å²) in [7, 11) is 0. The van der Waals surface area contributed by atoms with Crippen LogP contribution in [-0.4, -0.2) is 12.5 Å². The summed E-state index contributed by atoms with van der Waals surface area (Å²) in [5.74, 6) is 0.313. The van der Waals surface area contributed by atoms with Crippen LogP contribution >= 0.6 is 0 Å². The van der Waals surface area contributed by atoms with E-state index in [0.717, 1.165) is 16.7 Å². The molecule has 0 saturated carbocycles. The van der Waals surface area contributed by atoms with E-state index in [2.05, 4.69) is 11.4 Å². The molecule has 1 unspecified atom stereocenters. The number of nitrogens with one attached hydrogen (secondary N) is 1. The Labute approximate surface area is 130 Å². The molecule has 0 aliphatic heterocycles. The largest absolute Gasteiger partial charge is 0.484 e. The molecule has 4 heteroatoms. The Morgan fingerprint density at radius 1 is 1.18 bits per heavy atom. The fourth-order valence-corrected chi connectivity index (χ4v) is 2.01. The molecule has 2 aromatic rings. The molecule has 0 aliphatic carbocycles. The molecule has 1 amide bonds. The van der Waals surface area contributed by atoms with Crippen LogP contribution in [0, 0.1) is 25.2 Å². The van der Waals surface area contributed by atoms with Gasteiger partial charge in [-0.25, -0.2) is 0 Å². The predicted octanol–water partition coefficient (Wildman–Crippen LogP) is 3.06. The van der Waals surface area contributed by atoms with Crippen LogP contribution in [0.5, 0.6) is 5.75 Å². The van der Waals surface area contributed by atoms with Gasteiger partial charge in [0.05, 0.1) is 6.07 Å². The molecule has 0 bridgehead atoms. The maximum atomic E-state index is 11.9. The molecule has 0 heterocycles. The minimum Gasteiger partial charge on any atom is -0.484 e. The number of rotatable bonds is 5. The van der Waals surface area contributed by atoms with Gasteiger partial charge in [0, 0.05) is 0 Å². The molecule has 0 aromatic heterocycles. The molecule has 0 saturated heterocycles. The maximum Gasteiger partial charge on any atom is 0.259 e. The number of benzene rings is 2. The second-order valence-corrected chi connectivity index (χ2v) is 5.15. The topological polar surface area (TPSA) is 62.1 Å². The van der Waals surface area contributed by atoms with Crippen molar-refractivity contribution in [3.05, 3.63) is 65.2 Å². The summed E-state index contributed by atoms with van der Waals surface area (Å²) in [4.78, 5) is 11.9. The maximum absolute atomic E-state index is 11.9. The van der Waals surface area contributed by atoms with E-state index in [0.29, 0.717) is 5.75 Å². The van der Waals surface area contributed by atoms with Crippen LogP contribution in [0.3, 0.4) is 0 Å². The quantitative estimate of drug-likeness (QED) is 0.922. The average molecular weight is 294 g/mol. The van der Waals surface area contributed by atoms with Crippen LogP contribution in [0.4, 0.5) is 0 Å². The number of nitriles is 1. The smallest absolute Gasteiger partial charge is 0.259 e. The molecule has 0 aliphatic rings. The van der Waals surface area contributed by atoms with Gasteiger partial charge < -0.3 is 10.1 Å². The molecule has 0 fully saturated rings. The van der Waals surface area contributed by atoms with Crippen LogP contribution < -0.4 is 10.1 Å². The first-order valence-corrected chi connectivity index (χ1v) is 7.03. The van der Waals surface area contributed by atoms with Gasteiger partial charge >= 0.3 is 0 Å². The lowest BCUT2D eigenvalue weighted by molar-refractivity contribution is -0.123. The monoisotopic (exact) mass is 294 g/mol. The first kappa shape index (κ1) is 15.6. The zero-order chi connectivity index (χ0) is 15.9. The van der Waals surface area contributed by atoms with Crippen molar-refractivity contribution in [2.75, 3.05) is 6.61 Å². The van der Waals surface area contributed by atoms with Crippen molar-refractivity contribution in [3.63, 3.8) is 0 Å². The van der Waals surface area contributed by atoms with E-state index in [1.807, 2.05) is 56.3 Å². The van der Waals surface area contributed by atoms with E-state index in [-0.39, 0.29) is 12.5 Å². The Bertz CT molecular complexity index is 687. The van der Waals surface area contributed by atoms with Gasteiger partial charge in [0.1, 0.15) is 11.8 Å². The van der Waals surface area contributed by atoms with E-state index >= 15 is 0 Å². The lowest BCUT2D eigenvalue weighted by Crippen LogP contribution is -2.32. The SMILES string of the molecule is Cc1ccc(C(C#N)NC(=O)COc2cccc(C)c2)cc1. The molecule has 2 rings (SSSR count). The highest BCUT2D eigenvalue weighted by atomic mass is 16.5. The van der Waals surface area contributed by atoms with Crippen LogP contribution in [-0.2, 0) is 4.79 Å². The second-order valence-electron chi connectivity index (χ2n) is 5.15. The number of ether oxygens (including phenoxy) is 1. The second kappa shape index (κ2) is 7.28. The van der Waals surface area contributed by atoms with E-state index in [1.165, 1.54) is 0 Å². The van der Waals surface area contributed by atoms with Gasteiger partial charge in [-0.2, -0.15) is 5.26 Å². The molecular formula is C18H18N2O2. The Kier molecular flexibility index (Phi) is 5.16. The third kappa shape index (κ3) is 4.35. The summed E-state index contributed by atoms with van der Waals surface area (Å²) in [5.41, 5.74) is 2.93. The highest BCUT2D eigenvalue weighted by molar-refractivity contribution is 5.78. The van der Waals surface area contributed by atoms with Crippen LogP contribution in [0.1, 0.15) is 22.7 Å². The molecular weight excluding hydrogens is 276 g/mol. The van der Waals surface area contributed by atoms with Gasteiger partial charge in [-0.1, -0.05) is 42.0 Å². The van der Waals surface area contributed by atoms with E-state index in [1.54, 1.807) is 6.07 Å². The molecule has 0 radical (unpaired) electrons. The zero-order valence-electron chi connectivity index (χ0n) is 12.7. The lowest BCUT2D eigenvalue weighted by atomic mass is 10.1. The molecule has 2 aromatic carbocycles. The fraction of sp³-hybridized carbons (Fsp3) is 0.222. The van der Waals surface area contributed by atoms with Crippen molar-refractivity contribution < 1.29 is 9.53 Å². The highest BCUT2D eigenvalue weighted by Gasteiger charge is 2.14. The normalized spacial score (nSPS) is 11.3. The number of carbonyl (C=O) groups is 1. The summed E-state index contributed by atoms with van der Waals surface area (Å²) in [6.07, 6.45) is 0. The predicted molar refractivity (Wildman–Crippen MR) is 84.3 cm³/mol. The van der Waals surface area contributed by atoms with Gasteiger partial charge in [0.25, 0.3) is 5.91 Å². The third-order valence-corrected chi connectivity index (χ3v) is 3.20. The van der Waals surface area contributed by atoms with E-state index in [9.17, 15) is 10.1 Å². The first-order chi connectivity index (χ1) is 10.6. The Morgan fingerprint density at radius 3 is 2.55 bits per heavy atom. The zero-order valence-corrected chi connectivity index (χ0v) is 12.7. The highest BCUT2D eigenvalue weighted by Crippen LogP contribution is 2.14. The van der Waals surface area contributed by atoms with E-state index in [4.69, 9.17) is 4.74 Å². The molecule has 22 heavy (non-hydrogen) atoms. The summed E-state index contributed by atoms with van der Waals surface area (Å²) in [6.45, 7) is 3.81. The van der Waals surface area contributed by atoms with Crippen molar-refractivity contribution >= 4 is 5.91 Å². The van der Waals surface area contributed by atoms with Gasteiger partial charge in [0.2, 0.25) is 0 Å². The van der Waals surface area contributed by atoms with Crippen molar-refractivity contribution in [3.8, 4) is 11.8 Å². The van der Waals surface area contributed by atoms with Gasteiger partial charge in [0.15, 0.2) is 6.61 Å². The summed E-state index contributed by atoms with van der Waals surface area (Å²) in [6, 6.07) is 16.4. The van der Waals surface area contributed by atoms with Gasteiger partial charge in [-0.15, -0.1) is 0 Å². The van der Waals surface area contributed by atoms with Crippen LogP contribution in [0.25, 0.3) is 0 Å². The minimum absolute atomic E-state index is 0.118. The molecule has 4 nitrogen and oxygen atoms in total. The van der Waals surface area contributed by atoms with Crippen molar-refractivity contribution in [1.82, 2.24) is 5.32 Å². The van der Waals surface area contributed by atoms with Crippen molar-refractivity contribution in [2.45, 2.75) is 19.9 Å². The number of hydrogen-bond donors (Lipinski definition) is 1. The fourth-order valence-electron chi connectivity index (χ4n) is 2.01. The molecule has 1 N–H and O–H groups in total. The van der Waals surface area contributed by atoms with Crippen molar-refractivity contribution in [1.29, 1.82) is 5.26 Å². The molecule has 0 spiro atoms. The Balaban J connectivity index is 1.92. The number of carbonyl (C=O) groups excluding carboxylic acids is 1. The van der Waals surface area contributed by atoms with Gasteiger partial charge in [-0.3, -0.25) is 4.79 Å². The summed E-state index contributed by atoms with van der Waals surface area (Å²) >= 11 is 0. The third-order valence-electron chi connectivity index (χ3n) is 3.20. The van der Waals surface area contributed by atoms with Gasteiger partial charge in [-0.05, 0) is 37.1 Å². The van der Waals surface area contributed by atoms with Crippen LogP contribution in [0.15, 0.2) is 48.5 Å². The van der Waals surface area contributed by atoms with E-state index < -0.39 is 6.04 Å². The Morgan fingerprint density at radius 2 is 1.91 bits per heavy atom. The van der Waals surface area contributed by atoms with Crippen LogP contribution in [0.2, 0.25) is 0 Å². The Hall–Kier alpha value is -2.80. The first-order valence-electron chi connectivity index (χ1n) is 7.03. The number of hydrogen-bond acceptors (Lipinski definition) is 3. The minimum atomic E-state index is -0.672. The number of aryl methyl sites for hydroxylation is 2. The lowest BCUT2D eigenvalue weighted by Gasteiger charge is -2.13. The number of amides is 1. The molecule has 1 atom stereocenters. The number of nitrogens with zero attached hydrogens (tertiary/aromatic N) is 1.